The van der Waals surface area contributed by atoms with Crippen molar-refractivity contribution in [3.8, 4) is 0 Å². The fourth-order valence-electron chi connectivity index (χ4n) is 2.73. The minimum absolute atomic E-state index is 0.526. The molecule has 5 nitrogen and oxygen atoms in total. The maximum Gasteiger partial charge on any atom is 0.325 e. The van der Waals surface area contributed by atoms with Gasteiger partial charge in [-0.25, -0.2) is 0 Å². The van der Waals surface area contributed by atoms with Crippen molar-refractivity contribution in [1.82, 2.24) is 14.7 Å². The second-order valence-electron chi connectivity index (χ2n) is 5.83. The Balaban J connectivity index is 1.94. The third-order valence-corrected chi connectivity index (χ3v) is 3.98. The summed E-state index contributed by atoms with van der Waals surface area (Å²) in [6.45, 7) is 5.57. The monoisotopic (exact) mass is 291 g/mol. The summed E-state index contributed by atoms with van der Waals surface area (Å²) in [6, 6.07) is 9.00. The number of benzene rings is 1. The smallest absolute Gasteiger partial charge is 0.325 e. The number of nitrogens with zero attached hydrogens (tertiary/aromatic N) is 3. The number of carboxylic acid groups (broad SMARTS) is 1. The van der Waals surface area contributed by atoms with Gasteiger partial charge in [0.1, 0.15) is 6.04 Å². The first-order valence-electron chi connectivity index (χ1n) is 7.47. The number of hydrogen-bond donors (Lipinski definition) is 1. The van der Waals surface area contributed by atoms with Gasteiger partial charge in [-0.15, -0.1) is 0 Å². The molecule has 1 N–H and O–H groups in total. The molecule has 0 aliphatic carbocycles. The third-order valence-electron chi connectivity index (χ3n) is 3.98. The van der Waals surface area contributed by atoms with Crippen LogP contribution in [0.3, 0.4) is 0 Å². The molecule has 0 spiro atoms. The van der Waals surface area contributed by atoms with Crippen LogP contribution in [-0.4, -0.2) is 79.1 Å². The summed E-state index contributed by atoms with van der Waals surface area (Å²) in [5.74, 6) is -0.761. The van der Waals surface area contributed by atoms with E-state index in [-0.39, 0.29) is 0 Å². The van der Waals surface area contributed by atoms with E-state index in [1.165, 1.54) is 0 Å². The summed E-state index contributed by atoms with van der Waals surface area (Å²) >= 11 is 0. The maximum absolute atomic E-state index is 11.6. The van der Waals surface area contributed by atoms with E-state index in [2.05, 4.69) is 28.8 Å². The molecule has 1 aromatic rings. The van der Waals surface area contributed by atoms with Crippen LogP contribution in [0.4, 0.5) is 0 Å². The highest BCUT2D eigenvalue weighted by atomic mass is 16.4. The van der Waals surface area contributed by atoms with Gasteiger partial charge in [0.15, 0.2) is 0 Å². The van der Waals surface area contributed by atoms with Gasteiger partial charge in [0.2, 0.25) is 0 Å². The van der Waals surface area contributed by atoms with Crippen LogP contribution in [0.15, 0.2) is 30.3 Å². The Kier molecular flexibility index (Phi) is 5.73. The standard InChI is InChI=1S/C16H25N3O2/c1-17(2)8-9-18-10-12-19(13-11-18)15(16(20)21)14-6-4-3-5-7-14/h3-7,15H,8-13H2,1-2H3,(H,20,21). The lowest BCUT2D eigenvalue weighted by molar-refractivity contribution is -0.144. The molecule has 1 aliphatic rings. The van der Waals surface area contributed by atoms with Crippen molar-refractivity contribution >= 4 is 5.97 Å². The highest BCUT2D eigenvalue weighted by Gasteiger charge is 2.29. The van der Waals surface area contributed by atoms with Crippen molar-refractivity contribution in [3.63, 3.8) is 0 Å². The molecule has 1 fully saturated rings. The Morgan fingerprint density at radius 2 is 1.81 bits per heavy atom. The Morgan fingerprint density at radius 3 is 2.33 bits per heavy atom. The number of carboxylic acids is 1. The zero-order valence-electron chi connectivity index (χ0n) is 12.9. The molecular weight excluding hydrogens is 266 g/mol. The minimum Gasteiger partial charge on any atom is -0.480 e. The van der Waals surface area contributed by atoms with Gasteiger partial charge in [-0.1, -0.05) is 30.3 Å². The molecule has 2 rings (SSSR count). The van der Waals surface area contributed by atoms with Crippen molar-refractivity contribution in [2.45, 2.75) is 6.04 Å². The molecule has 1 unspecified atom stereocenters. The fourth-order valence-corrected chi connectivity index (χ4v) is 2.73. The van der Waals surface area contributed by atoms with Gasteiger partial charge in [0.25, 0.3) is 0 Å². The van der Waals surface area contributed by atoms with E-state index in [1.54, 1.807) is 0 Å². The molecule has 0 radical (unpaired) electrons. The van der Waals surface area contributed by atoms with Crippen LogP contribution in [0.2, 0.25) is 0 Å². The molecule has 0 amide bonds. The molecule has 1 saturated heterocycles. The second-order valence-corrected chi connectivity index (χ2v) is 5.83. The number of hydrogen-bond acceptors (Lipinski definition) is 4. The lowest BCUT2D eigenvalue weighted by Gasteiger charge is -2.38. The lowest BCUT2D eigenvalue weighted by Crippen LogP contribution is -2.50. The largest absolute Gasteiger partial charge is 0.480 e. The van der Waals surface area contributed by atoms with Gasteiger partial charge >= 0.3 is 5.97 Å². The SMILES string of the molecule is CN(C)CCN1CCN(C(C(=O)O)c2ccccc2)CC1. The van der Waals surface area contributed by atoms with Crippen molar-refractivity contribution in [1.29, 1.82) is 0 Å². The molecule has 0 aromatic heterocycles. The molecule has 21 heavy (non-hydrogen) atoms. The van der Waals surface area contributed by atoms with E-state index in [9.17, 15) is 9.90 Å². The van der Waals surface area contributed by atoms with E-state index >= 15 is 0 Å². The number of aliphatic carboxylic acids is 1. The topological polar surface area (TPSA) is 47.0 Å². The third kappa shape index (κ3) is 4.52. The number of likely N-dealkylation sites (N-methyl/N-ethyl adjacent to an activating group) is 1. The first-order valence-corrected chi connectivity index (χ1v) is 7.47. The number of rotatable bonds is 6. The molecule has 5 heteroatoms. The first-order chi connectivity index (χ1) is 10.1. The van der Waals surface area contributed by atoms with Crippen LogP contribution in [0.25, 0.3) is 0 Å². The predicted octanol–water partition coefficient (Wildman–Crippen LogP) is 0.992. The van der Waals surface area contributed by atoms with E-state index in [4.69, 9.17) is 0 Å². The Bertz CT molecular complexity index is 442. The Labute approximate surface area is 126 Å². The molecule has 116 valence electrons. The van der Waals surface area contributed by atoms with Crippen LogP contribution in [0.1, 0.15) is 11.6 Å². The minimum atomic E-state index is -0.761. The van der Waals surface area contributed by atoms with E-state index in [0.29, 0.717) is 0 Å². The molecular formula is C16H25N3O2. The summed E-state index contributed by atoms with van der Waals surface area (Å²) in [6.07, 6.45) is 0. The summed E-state index contributed by atoms with van der Waals surface area (Å²) in [5.41, 5.74) is 0.867. The van der Waals surface area contributed by atoms with Crippen LogP contribution in [0, 0.1) is 0 Å². The zero-order chi connectivity index (χ0) is 15.2. The van der Waals surface area contributed by atoms with Crippen LogP contribution >= 0.6 is 0 Å². The Hall–Kier alpha value is -1.43. The van der Waals surface area contributed by atoms with Crippen molar-refractivity contribution in [2.24, 2.45) is 0 Å². The zero-order valence-corrected chi connectivity index (χ0v) is 12.9. The lowest BCUT2D eigenvalue weighted by atomic mass is 10.0. The van der Waals surface area contributed by atoms with Crippen molar-refractivity contribution in [2.75, 3.05) is 53.4 Å². The van der Waals surface area contributed by atoms with Gasteiger partial charge < -0.3 is 10.0 Å². The van der Waals surface area contributed by atoms with Gasteiger partial charge in [0.05, 0.1) is 0 Å². The van der Waals surface area contributed by atoms with Crippen LogP contribution in [0.5, 0.6) is 0 Å². The molecule has 0 bridgehead atoms. The Morgan fingerprint density at radius 1 is 1.19 bits per heavy atom. The highest BCUT2D eigenvalue weighted by Crippen LogP contribution is 2.22. The molecule has 1 aromatic carbocycles. The molecule has 1 heterocycles. The molecule has 0 saturated carbocycles. The molecule has 1 atom stereocenters. The van der Waals surface area contributed by atoms with E-state index in [1.807, 2.05) is 30.3 Å². The predicted molar refractivity (Wildman–Crippen MR) is 83.4 cm³/mol. The number of carbonyl (C=O) groups is 1. The first kappa shape index (κ1) is 15.9. The second kappa shape index (κ2) is 7.54. The van der Waals surface area contributed by atoms with Crippen LogP contribution < -0.4 is 0 Å². The average molecular weight is 291 g/mol. The van der Waals surface area contributed by atoms with Crippen molar-refractivity contribution < 1.29 is 9.90 Å². The number of piperazine rings is 1. The summed E-state index contributed by atoms with van der Waals surface area (Å²) in [5, 5.41) is 9.56. The van der Waals surface area contributed by atoms with Gasteiger partial charge in [0, 0.05) is 39.3 Å². The van der Waals surface area contributed by atoms with E-state index < -0.39 is 12.0 Å². The summed E-state index contributed by atoms with van der Waals surface area (Å²) < 4.78 is 0. The summed E-state index contributed by atoms with van der Waals surface area (Å²) in [4.78, 5) is 18.3. The van der Waals surface area contributed by atoms with Crippen LogP contribution in [-0.2, 0) is 4.79 Å². The summed E-state index contributed by atoms with van der Waals surface area (Å²) in [7, 11) is 4.15. The van der Waals surface area contributed by atoms with Gasteiger partial charge in [-0.3, -0.25) is 14.6 Å². The van der Waals surface area contributed by atoms with Gasteiger partial charge in [-0.05, 0) is 19.7 Å². The van der Waals surface area contributed by atoms with Gasteiger partial charge in [-0.2, -0.15) is 0 Å². The normalized spacial score (nSPS) is 18.8. The average Bonchev–Trinajstić information content (AvgIpc) is 2.47. The fraction of sp³-hybridized carbons (Fsp3) is 0.562. The van der Waals surface area contributed by atoms with Crippen molar-refractivity contribution in [3.05, 3.63) is 35.9 Å². The highest BCUT2D eigenvalue weighted by molar-refractivity contribution is 5.75. The van der Waals surface area contributed by atoms with E-state index in [0.717, 1.165) is 44.8 Å². The molecule has 1 aliphatic heterocycles. The maximum atomic E-state index is 11.6. The quantitative estimate of drug-likeness (QED) is 0.847.